The number of rotatable bonds is 4. The molecule has 0 saturated heterocycles. The first-order valence-electron chi connectivity index (χ1n) is 5.00. The highest BCUT2D eigenvalue weighted by Gasteiger charge is 2.11. The molecule has 1 aromatic rings. The van der Waals surface area contributed by atoms with E-state index in [1.807, 2.05) is 32.2 Å². The lowest BCUT2D eigenvalue weighted by molar-refractivity contribution is -0.131. The smallest absolute Gasteiger partial charge is 0.328 e. The number of hydrogen-bond donors (Lipinski definition) is 1. The van der Waals surface area contributed by atoms with Crippen LogP contribution < -0.4 is 0 Å². The molecule has 1 rings (SSSR count). The fraction of sp³-hybridized carbons (Fsp3) is 0.417. The van der Waals surface area contributed by atoms with Gasteiger partial charge in [-0.2, -0.15) is 0 Å². The monoisotopic (exact) mass is 240 g/mol. The number of thiophene rings is 1. The molecule has 0 aliphatic carbocycles. The van der Waals surface area contributed by atoms with Crippen molar-refractivity contribution in [2.45, 2.75) is 33.0 Å². The Kier molecular flexibility index (Phi) is 4.26. The van der Waals surface area contributed by atoms with Gasteiger partial charge in [-0.3, -0.25) is 0 Å². The highest BCUT2D eigenvalue weighted by molar-refractivity contribution is 7.10. The minimum Gasteiger partial charge on any atom is -0.478 e. The zero-order valence-corrected chi connectivity index (χ0v) is 10.5. The maximum absolute atomic E-state index is 10.4. The van der Waals surface area contributed by atoms with Crippen molar-refractivity contribution in [1.29, 1.82) is 0 Å². The average molecular weight is 240 g/mol. The van der Waals surface area contributed by atoms with Crippen LogP contribution in [0.25, 0.3) is 6.08 Å². The molecular weight excluding hydrogens is 224 g/mol. The number of hydrogen-bond acceptors (Lipinski definition) is 3. The molecular formula is C12H16O3S. The van der Waals surface area contributed by atoms with Crippen molar-refractivity contribution in [2.24, 2.45) is 0 Å². The number of ether oxygens (including phenoxy) is 1. The van der Waals surface area contributed by atoms with Crippen LogP contribution in [0.1, 0.15) is 31.2 Å². The van der Waals surface area contributed by atoms with E-state index in [-0.39, 0.29) is 5.60 Å². The molecule has 4 heteroatoms. The van der Waals surface area contributed by atoms with Crippen LogP contribution in [0.15, 0.2) is 17.5 Å². The third-order valence-electron chi connectivity index (χ3n) is 1.82. The summed E-state index contributed by atoms with van der Waals surface area (Å²) in [7, 11) is 0. The molecule has 0 aliphatic rings. The Labute approximate surface area is 99.4 Å². The van der Waals surface area contributed by atoms with Crippen LogP contribution in [0, 0.1) is 0 Å². The van der Waals surface area contributed by atoms with E-state index in [0.717, 1.165) is 16.5 Å². The van der Waals surface area contributed by atoms with Gasteiger partial charge in [0, 0.05) is 11.0 Å². The van der Waals surface area contributed by atoms with Crippen LogP contribution in [-0.2, 0) is 16.1 Å². The lowest BCUT2D eigenvalue weighted by atomic mass is 10.2. The molecule has 0 spiro atoms. The molecule has 0 atom stereocenters. The van der Waals surface area contributed by atoms with Gasteiger partial charge >= 0.3 is 5.97 Å². The van der Waals surface area contributed by atoms with Gasteiger partial charge < -0.3 is 9.84 Å². The zero-order valence-electron chi connectivity index (χ0n) is 9.69. The van der Waals surface area contributed by atoms with E-state index in [4.69, 9.17) is 9.84 Å². The first-order valence-corrected chi connectivity index (χ1v) is 5.88. The molecule has 1 heterocycles. The molecule has 0 unspecified atom stereocenters. The minimum atomic E-state index is -0.936. The predicted molar refractivity (Wildman–Crippen MR) is 65.5 cm³/mol. The van der Waals surface area contributed by atoms with Crippen LogP contribution in [0.2, 0.25) is 0 Å². The molecule has 0 amide bonds. The van der Waals surface area contributed by atoms with Gasteiger partial charge in [0.25, 0.3) is 0 Å². The molecule has 88 valence electrons. The zero-order chi connectivity index (χ0) is 12.2. The summed E-state index contributed by atoms with van der Waals surface area (Å²) in [5, 5.41) is 10.5. The van der Waals surface area contributed by atoms with Crippen molar-refractivity contribution in [3.05, 3.63) is 28.0 Å². The van der Waals surface area contributed by atoms with Crippen molar-refractivity contribution < 1.29 is 14.6 Å². The Morgan fingerprint density at radius 3 is 2.81 bits per heavy atom. The second kappa shape index (κ2) is 5.27. The lowest BCUT2D eigenvalue weighted by Gasteiger charge is -2.19. The van der Waals surface area contributed by atoms with Crippen LogP contribution in [0.4, 0.5) is 0 Å². The Morgan fingerprint density at radius 1 is 1.56 bits per heavy atom. The fourth-order valence-electron chi connectivity index (χ4n) is 1.06. The normalized spacial score (nSPS) is 12.2. The molecule has 1 aromatic heterocycles. The van der Waals surface area contributed by atoms with Crippen LogP contribution in [0.3, 0.4) is 0 Å². The summed E-state index contributed by atoms with van der Waals surface area (Å²) in [6.07, 6.45) is 2.74. The minimum absolute atomic E-state index is 0.183. The molecule has 0 aromatic carbocycles. The van der Waals surface area contributed by atoms with E-state index in [1.165, 1.54) is 0 Å². The van der Waals surface area contributed by atoms with Gasteiger partial charge in [0.2, 0.25) is 0 Å². The largest absolute Gasteiger partial charge is 0.478 e. The van der Waals surface area contributed by atoms with Crippen molar-refractivity contribution in [1.82, 2.24) is 0 Å². The van der Waals surface area contributed by atoms with Gasteiger partial charge in [0.15, 0.2) is 0 Å². The van der Waals surface area contributed by atoms with Crippen molar-refractivity contribution in [3.63, 3.8) is 0 Å². The van der Waals surface area contributed by atoms with E-state index in [0.29, 0.717) is 6.61 Å². The van der Waals surface area contributed by atoms with Gasteiger partial charge in [0.1, 0.15) is 0 Å². The van der Waals surface area contributed by atoms with Crippen LogP contribution in [-0.4, -0.2) is 16.7 Å². The molecule has 16 heavy (non-hydrogen) atoms. The van der Waals surface area contributed by atoms with E-state index in [1.54, 1.807) is 17.4 Å². The maximum Gasteiger partial charge on any atom is 0.328 e. The highest BCUT2D eigenvalue weighted by Crippen LogP contribution is 2.21. The van der Waals surface area contributed by atoms with Crippen molar-refractivity contribution >= 4 is 23.4 Å². The fourth-order valence-corrected chi connectivity index (χ4v) is 1.84. The molecule has 0 fully saturated rings. The topological polar surface area (TPSA) is 46.5 Å². The highest BCUT2D eigenvalue weighted by atomic mass is 32.1. The SMILES string of the molecule is CC(C)(C)OCc1sccc1C=CC(=O)O. The van der Waals surface area contributed by atoms with Crippen molar-refractivity contribution in [3.8, 4) is 0 Å². The van der Waals surface area contributed by atoms with Crippen molar-refractivity contribution in [2.75, 3.05) is 0 Å². The predicted octanol–water partition coefficient (Wildman–Crippen LogP) is 3.16. The third kappa shape index (κ3) is 4.59. The summed E-state index contributed by atoms with van der Waals surface area (Å²) in [4.78, 5) is 11.5. The summed E-state index contributed by atoms with van der Waals surface area (Å²) in [6.45, 7) is 6.49. The van der Waals surface area contributed by atoms with Gasteiger partial charge in [-0.15, -0.1) is 11.3 Å². The van der Waals surface area contributed by atoms with E-state index in [9.17, 15) is 4.79 Å². The number of aliphatic carboxylic acids is 1. The first kappa shape index (κ1) is 12.9. The number of carboxylic acids is 1. The molecule has 0 bridgehead atoms. The standard InChI is InChI=1S/C12H16O3S/c1-12(2,3)15-8-10-9(6-7-16-10)4-5-11(13)14/h4-7H,8H2,1-3H3,(H,13,14). The van der Waals surface area contributed by atoms with Crippen LogP contribution >= 0.6 is 11.3 Å². The molecule has 0 radical (unpaired) electrons. The lowest BCUT2D eigenvalue weighted by Crippen LogP contribution is -2.18. The summed E-state index contributed by atoms with van der Waals surface area (Å²) < 4.78 is 5.65. The summed E-state index contributed by atoms with van der Waals surface area (Å²) in [5.74, 6) is -0.936. The molecule has 1 N–H and O–H groups in total. The Hall–Kier alpha value is -1.13. The Morgan fingerprint density at radius 2 is 2.25 bits per heavy atom. The van der Waals surface area contributed by atoms with E-state index >= 15 is 0 Å². The van der Waals surface area contributed by atoms with Gasteiger partial charge in [-0.25, -0.2) is 4.79 Å². The Balaban J connectivity index is 2.68. The number of carboxylic acid groups (broad SMARTS) is 1. The van der Waals surface area contributed by atoms with Crippen LogP contribution in [0.5, 0.6) is 0 Å². The van der Waals surface area contributed by atoms with E-state index < -0.39 is 5.97 Å². The molecule has 0 aliphatic heterocycles. The van der Waals surface area contributed by atoms with Gasteiger partial charge in [-0.1, -0.05) is 0 Å². The summed E-state index contributed by atoms with van der Waals surface area (Å²) in [5.41, 5.74) is 0.731. The number of carbonyl (C=O) groups is 1. The van der Waals surface area contributed by atoms with Gasteiger partial charge in [-0.05, 0) is 43.9 Å². The molecule has 3 nitrogen and oxygen atoms in total. The molecule has 0 saturated carbocycles. The first-order chi connectivity index (χ1) is 7.38. The second-order valence-corrected chi connectivity index (χ2v) is 5.37. The summed E-state index contributed by atoms with van der Waals surface area (Å²) >= 11 is 1.57. The Bertz CT molecular complexity index is 385. The quantitative estimate of drug-likeness (QED) is 0.822. The maximum atomic E-state index is 10.4. The van der Waals surface area contributed by atoms with E-state index in [2.05, 4.69) is 0 Å². The summed E-state index contributed by atoms with van der Waals surface area (Å²) in [6, 6.07) is 1.89. The van der Waals surface area contributed by atoms with Gasteiger partial charge in [0.05, 0.1) is 12.2 Å². The third-order valence-corrected chi connectivity index (χ3v) is 2.73. The second-order valence-electron chi connectivity index (χ2n) is 4.37. The average Bonchev–Trinajstić information content (AvgIpc) is 2.57.